The van der Waals surface area contributed by atoms with E-state index in [9.17, 15) is 4.79 Å². The summed E-state index contributed by atoms with van der Waals surface area (Å²) < 4.78 is 5.44. The predicted molar refractivity (Wildman–Crippen MR) is 91.2 cm³/mol. The minimum Gasteiger partial charge on any atom is -0.441 e. The van der Waals surface area contributed by atoms with Crippen LogP contribution in [0.4, 0.5) is 5.69 Å². The third-order valence-corrected chi connectivity index (χ3v) is 4.18. The zero-order chi connectivity index (χ0) is 16.5. The third kappa shape index (κ3) is 2.89. The van der Waals surface area contributed by atoms with E-state index in [0.29, 0.717) is 18.0 Å². The van der Waals surface area contributed by atoms with Gasteiger partial charge in [0.2, 0.25) is 5.91 Å². The molecule has 0 bridgehead atoms. The van der Waals surface area contributed by atoms with Gasteiger partial charge in [0.1, 0.15) is 11.6 Å². The molecule has 1 fully saturated rings. The van der Waals surface area contributed by atoms with Gasteiger partial charge in [-0.25, -0.2) is 15.8 Å². The molecule has 6 heteroatoms. The van der Waals surface area contributed by atoms with E-state index < -0.39 is 0 Å². The van der Waals surface area contributed by atoms with Crippen molar-refractivity contribution < 1.29 is 9.21 Å². The minimum absolute atomic E-state index is 0.0690. The first-order valence-electron chi connectivity index (χ1n) is 7.93. The first-order valence-corrected chi connectivity index (χ1v) is 7.93. The summed E-state index contributed by atoms with van der Waals surface area (Å²) in [5, 5.41) is 2.93. The second kappa shape index (κ2) is 6.07. The number of oxazole rings is 1. The Bertz CT molecular complexity index is 875. The van der Waals surface area contributed by atoms with Gasteiger partial charge in [0.15, 0.2) is 11.5 Å². The maximum Gasteiger partial charge on any atom is 0.242 e. The van der Waals surface area contributed by atoms with Gasteiger partial charge < -0.3 is 9.73 Å². The van der Waals surface area contributed by atoms with Crippen LogP contribution >= 0.6 is 0 Å². The smallest absolute Gasteiger partial charge is 0.242 e. The molecule has 122 valence electrons. The molecule has 3 N–H and O–H groups in total. The summed E-state index contributed by atoms with van der Waals surface area (Å²) in [5.74, 6) is 0.543. The highest BCUT2D eigenvalue weighted by molar-refractivity contribution is 5.96. The number of hydrogen-bond donors (Lipinski definition) is 3. The fraction of sp³-hybridized carbons (Fsp3) is 0.222. The fourth-order valence-electron chi connectivity index (χ4n) is 2.98. The van der Waals surface area contributed by atoms with Crippen LogP contribution in [-0.2, 0) is 4.79 Å². The van der Waals surface area contributed by atoms with Crippen molar-refractivity contribution in [2.45, 2.75) is 25.4 Å². The van der Waals surface area contributed by atoms with Gasteiger partial charge in [-0.15, -0.1) is 0 Å². The first-order chi connectivity index (χ1) is 11.7. The summed E-state index contributed by atoms with van der Waals surface area (Å²) >= 11 is 0. The Hall–Kier alpha value is -2.70. The van der Waals surface area contributed by atoms with Crippen molar-refractivity contribution in [3.8, 4) is 0 Å². The van der Waals surface area contributed by atoms with Gasteiger partial charge in [-0.3, -0.25) is 4.79 Å². The number of benzene rings is 2. The van der Waals surface area contributed by atoms with Crippen LogP contribution in [0.3, 0.4) is 0 Å². The van der Waals surface area contributed by atoms with Crippen LogP contribution < -0.4 is 16.2 Å². The lowest BCUT2D eigenvalue weighted by Gasteiger charge is -2.10. The Morgan fingerprint density at radius 3 is 2.88 bits per heavy atom. The van der Waals surface area contributed by atoms with E-state index in [2.05, 4.69) is 33.3 Å². The zero-order valence-electron chi connectivity index (χ0n) is 13.2. The molecule has 1 saturated heterocycles. The molecular weight excluding hydrogens is 304 g/mol. The normalized spacial score (nSPS) is 20.4. The Balaban J connectivity index is 1.44. The van der Waals surface area contributed by atoms with Crippen molar-refractivity contribution in [1.82, 2.24) is 15.8 Å². The molecule has 0 radical (unpaired) electrons. The van der Waals surface area contributed by atoms with Crippen molar-refractivity contribution in [3.05, 3.63) is 60.0 Å². The molecule has 24 heavy (non-hydrogen) atoms. The average Bonchev–Trinajstić information content (AvgIpc) is 3.21. The van der Waals surface area contributed by atoms with Crippen LogP contribution in [-0.4, -0.2) is 16.9 Å². The van der Waals surface area contributed by atoms with Gasteiger partial charge in [0, 0.05) is 18.7 Å². The van der Waals surface area contributed by atoms with E-state index in [1.54, 1.807) is 6.92 Å². The van der Waals surface area contributed by atoms with Gasteiger partial charge in [0.05, 0.1) is 0 Å². The molecule has 1 aliphatic heterocycles. The molecule has 6 nitrogen and oxygen atoms in total. The lowest BCUT2D eigenvalue weighted by atomic mass is 10.0. The number of anilines is 1. The topological polar surface area (TPSA) is 79.2 Å². The highest BCUT2D eigenvalue weighted by atomic mass is 16.3. The molecular formula is C18H18N4O2. The van der Waals surface area contributed by atoms with Gasteiger partial charge >= 0.3 is 0 Å². The Morgan fingerprint density at radius 1 is 1.21 bits per heavy atom. The molecule has 0 saturated carbocycles. The van der Waals surface area contributed by atoms with E-state index in [1.165, 1.54) is 5.56 Å². The van der Waals surface area contributed by atoms with Crippen LogP contribution in [0.15, 0.2) is 52.9 Å². The van der Waals surface area contributed by atoms with Crippen LogP contribution in [0.1, 0.15) is 23.9 Å². The number of carbonyl (C=O) groups is 1. The number of amides is 1. The van der Waals surface area contributed by atoms with Crippen LogP contribution in [0.25, 0.3) is 11.1 Å². The van der Waals surface area contributed by atoms with Crippen molar-refractivity contribution in [3.63, 3.8) is 0 Å². The van der Waals surface area contributed by atoms with Crippen LogP contribution in [0.5, 0.6) is 0 Å². The molecule has 2 unspecified atom stereocenters. The molecule has 4 rings (SSSR count). The maximum atomic E-state index is 12.5. The molecule has 1 aromatic heterocycles. The summed E-state index contributed by atoms with van der Waals surface area (Å²) in [4.78, 5) is 16.8. The minimum atomic E-state index is -0.287. The number of aromatic nitrogens is 1. The lowest BCUT2D eigenvalue weighted by Crippen LogP contribution is -2.39. The number of rotatable bonds is 3. The number of hydrogen-bond acceptors (Lipinski definition) is 5. The van der Waals surface area contributed by atoms with Crippen molar-refractivity contribution in [1.29, 1.82) is 0 Å². The number of hydrazine groups is 1. The quantitative estimate of drug-likeness (QED) is 0.691. The molecule has 1 amide bonds. The Kier molecular flexibility index (Phi) is 3.76. The molecule has 2 heterocycles. The third-order valence-electron chi connectivity index (χ3n) is 4.18. The van der Waals surface area contributed by atoms with E-state index in [1.807, 2.05) is 36.4 Å². The molecule has 0 aliphatic carbocycles. The molecule has 2 atom stereocenters. The van der Waals surface area contributed by atoms with Gasteiger partial charge in [-0.2, -0.15) is 0 Å². The largest absolute Gasteiger partial charge is 0.441 e. The summed E-state index contributed by atoms with van der Waals surface area (Å²) in [6.45, 7) is 1.80. The van der Waals surface area contributed by atoms with E-state index in [0.717, 1.165) is 11.1 Å². The number of nitrogens with one attached hydrogen (secondary N) is 3. The zero-order valence-corrected chi connectivity index (χ0v) is 13.2. The monoisotopic (exact) mass is 322 g/mol. The molecule has 0 spiro atoms. The first kappa shape index (κ1) is 14.9. The highest BCUT2D eigenvalue weighted by Crippen LogP contribution is 2.24. The summed E-state index contributed by atoms with van der Waals surface area (Å²) in [5.41, 5.74) is 9.59. The Morgan fingerprint density at radius 2 is 2.04 bits per heavy atom. The summed E-state index contributed by atoms with van der Waals surface area (Å²) in [7, 11) is 0. The SMILES string of the molecule is Cc1nc2cc(NC(=O)C3CC(c4ccccc4)NN3)ccc2o1. The van der Waals surface area contributed by atoms with E-state index in [4.69, 9.17) is 4.42 Å². The van der Waals surface area contributed by atoms with Crippen LogP contribution in [0, 0.1) is 6.92 Å². The molecule has 1 aliphatic rings. The predicted octanol–water partition coefficient (Wildman–Crippen LogP) is 2.68. The molecule has 2 aromatic carbocycles. The Labute approximate surface area is 139 Å². The number of aryl methyl sites for hydroxylation is 1. The van der Waals surface area contributed by atoms with Crippen molar-refractivity contribution in [2.24, 2.45) is 0 Å². The second-order valence-electron chi connectivity index (χ2n) is 5.94. The summed E-state index contributed by atoms with van der Waals surface area (Å²) in [6.07, 6.45) is 0.696. The average molecular weight is 322 g/mol. The highest BCUT2D eigenvalue weighted by Gasteiger charge is 2.30. The summed E-state index contributed by atoms with van der Waals surface area (Å²) in [6, 6.07) is 15.4. The van der Waals surface area contributed by atoms with Gasteiger partial charge in [-0.1, -0.05) is 30.3 Å². The van der Waals surface area contributed by atoms with E-state index >= 15 is 0 Å². The number of carbonyl (C=O) groups excluding carboxylic acids is 1. The van der Waals surface area contributed by atoms with Crippen molar-refractivity contribution >= 4 is 22.7 Å². The van der Waals surface area contributed by atoms with Crippen molar-refractivity contribution in [2.75, 3.05) is 5.32 Å². The standard InChI is InChI=1S/C18H18N4O2/c1-11-19-15-9-13(7-8-17(15)24-11)20-18(23)16-10-14(21-22-16)12-5-3-2-4-6-12/h2-9,14,16,21-22H,10H2,1H3,(H,20,23). The lowest BCUT2D eigenvalue weighted by molar-refractivity contribution is -0.117. The number of fused-ring (bicyclic) bond motifs is 1. The number of nitrogens with zero attached hydrogens (tertiary/aromatic N) is 1. The molecule has 3 aromatic rings. The van der Waals surface area contributed by atoms with Gasteiger partial charge in [0.25, 0.3) is 0 Å². The van der Waals surface area contributed by atoms with Gasteiger partial charge in [-0.05, 0) is 30.2 Å². The van der Waals surface area contributed by atoms with E-state index in [-0.39, 0.29) is 18.0 Å². The fourth-order valence-corrected chi connectivity index (χ4v) is 2.98. The second-order valence-corrected chi connectivity index (χ2v) is 5.94. The maximum absolute atomic E-state index is 12.5. The van der Waals surface area contributed by atoms with Crippen LogP contribution in [0.2, 0.25) is 0 Å².